The summed E-state index contributed by atoms with van der Waals surface area (Å²) in [5.41, 5.74) is 2.99. The third kappa shape index (κ3) is 4.70. The minimum atomic E-state index is -0.417. The van der Waals surface area contributed by atoms with Crippen molar-refractivity contribution >= 4 is 23.2 Å². The van der Waals surface area contributed by atoms with Gasteiger partial charge >= 0.3 is 0 Å². The smallest absolute Gasteiger partial charge is 0.253 e. The molecule has 0 aliphatic heterocycles. The Kier molecular flexibility index (Phi) is 5.60. The fourth-order valence-corrected chi connectivity index (χ4v) is 1.83. The molecule has 0 atom stereocenters. The molecular weight excluding hydrogens is 266 g/mol. The number of nitrogen functional groups attached to an aromatic ring is 1. The lowest BCUT2D eigenvalue weighted by Crippen LogP contribution is -2.40. The number of rotatable bonds is 6. The van der Waals surface area contributed by atoms with Crippen molar-refractivity contribution in [2.45, 2.75) is 26.4 Å². The van der Waals surface area contributed by atoms with E-state index >= 15 is 0 Å². The zero-order valence-electron chi connectivity index (χ0n) is 11.4. The number of hydrazine groups is 1. The number of carbonyl (C=O) groups excluding carboxylic acids is 1. The number of carbonyl (C=O) groups is 1. The largest absolute Gasteiger partial charge is 0.374 e. The van der Waals surface area contributed by atoms with Crippen LogP contribution in [0.25, 0.3) is 0 Å². The second kappa shape index (κ2) is 6.75. The molecule has 106 valence electrons. The highest BCUT2D eigenvalue weighted by molar-refractivity contribution is 6.31. The molecule has 5 nitrogen and oxygen atoms in total. The molecule has 0 unspecified atom stereocenters. The van der Waals surface area contributed by atoms with E-state index in [-0.39, 0.29) is 5.91 Å². The number of nitrogens with two attached hydrogens (primary N) is 1. The predicted molar refractivity (Wildman–Crippen MR) is 77.3 cm³/mol. The zero-order chi connectivity index (χ0) is 14.5. The van der Waals surface area contributed by atoms with E-state index in [0.29, 0.717) is 29.4 Å². The maximum atomic E-state index is 12.1. The predicted octanol–water partition coefficient (Wildman–Crippen LogP) is 2.17. The fraction of sp³-hybridized carbons (Fsp3) is 0.462. The molecule has 0 aliphatic carbocycles. The van der Waals surface area contributed by atoms with Gasteiger partial charge in [-0.25, -0.2) is 0 Å². The Morgan fingerprint density at radius 1 is 1.47 bits per heavy atom. The van der Waals surface area contributed by atoms with E-state index in [0.717, 1.165) is 0 Å². The topological polar surface area (TPSA) is 76.4 Å². The summed E-state index contributed by atoms with van der Waals surface area (Å²) in [5, 5.41) is 3.29. The molecule has 1 aromatic carbocycles. The number of anilines is 1. The monoisotopic (exact) mass is 285 g/mol. The molecule has 4 N–H and O–H groups in total. The second-order valence-electron chi connectivity index (χ2n) is 4.71. The second-order valence-corrected chi connectivity index (χ2v) is 5.15. The molecule has 0 saturated heterocycles. The number of amides is 1. The lowest BCUT2D eigenvalue weighted by Gasteiger charge is -2.25. The van der Waals surface area contributed by atoms with Gasteiger partial charge < -0.3 is 15.5 Å². The summed E-state index contributed by atoms with van der Waals surface area (Å²) in [4.78, 5) is 12.1. The number of nitrogens with one attached hydrogen (secondary N) is 2. The lowest BCUT2D eigenvalue weighted by molar-refractivity contribution is -0.00814. The van der Waals surface area contributed by atoms with Crippen LogP contribution in [0.3, 0.4) is 0 Å². The Morgan fingerprint density at radius 2 is 2.16 bits per heavy atom. The van der Waals surface area contributed by atoms with E-state index in [9.17, 15) is 4.79 Å². The van der Waals surface area contributed by atoms with Crippen molar-refractivity contribution in [2.75, 3.05) is 18.6 Å². The zero-order valence-corrected chi connectivity index (χ0v) is 12.2. The number of hydrogen-bond acceptors (Lipinski definition) is 4. The van der Waals surface area contributed by atoms with Crippen LogP contribution < -0.4 is 16.6 Å². The van der Waals surface area contributed by atoms with Gasteiger partial charge in [0.15, 0.2) is 0 Å². The Morgan fingerprint density at radius 3 is 2.74 bits per heavy atom. The summed E-state index contributed by atoms with van der Waals surface area (Å²) >= 11 is 5.88. The summed E-state index contributed by atoms with van der Waals surface area (Å²) in [6, 6.07) is 4.89. The molecule has 19 heavy (non-hydrogen) atoms. The standard InChI is InChI=1S/C13H20ClN3O2/c1-4-19-13(2,3)8-16-12(18)10-7-9(14)5-6-11(10)17-15/h5-7,17H,4,8,15H2,1-3H3,(H,16,18). The average molecular weight is 286 g/mol. The molecule has 1 aromatic rings. The average Bonchev–Trinajstić information content (AvgIpc) is 2.36. The fourth-order valence-electron chi connectivity index (χ4n) is 1.66. The van der Waals surface area contributed by atoms with Crippen molar-refractivity contribution in [1.29, 1.82) is 0 Å². The van der Waals surface area contributed by atoms with Crippen LogP contribution in [0.4, 0.5) is 5.69 Å². The van der Waals surface area contributed by atoms with Crippen LogP contribution in [0.5, 0.6) is 0 Å². The minimum Gasteiger partial charge on any atom is -0.374 e. The Bertz CT molecular complexity index is 450. The number of halogens is 1. The maximum Gasteiger partial charge on any atom is 0.253 e. The van der Waals surface area contributed by atoms with Gasteiger partial charge in [-0.15, -0.1) is 0 Å². The van der Waals surface area contributed by atoms with Gasteiger partial charge in [-0.1, -0.05) is 11.6 Å². The molecule has 0 spiro atoms. The van der Waals surface area contributed by atoms with Crippen LogP contribution in [0, 0.1) is 0 Å². The van der Waals surface area contributed by atoms with Gasteiger partial charge in [0, 0.05) is 18.2 Å². The first kappa shape index (κ1) is 15.8. The van der Waals surface area contributed by atoms with Gasteiger partial charge in [-0.05, 0) is 39.0 Å². The first-order chi connectivity index (χ1) is 8.89. The van der Waals surface area contributed by atoms with E-state index in [1.165, 1.54) is 0 Å². The van der Waals surface area contributed by atoms with E-state index in [2.05, 4.69) is 10.7 Å². The van der Waals surface area contributed by atoms with E-state index in [1.54, 1.807) is 18.2 Å². The summed E-state index contributed by atoms with van der Waals surface area (Å²) in [7, 11) is 0. The van der Waals surface area contributed by atoms with Crippen LogP contribution >= 0.6 is 11.6 Å². The molecule has 1 rings (SSSR count). The van der Waals surface area contributed by atoms with Gasteiger partial charge in [0.25, 0.3) is 5.91 Å². The van der Waals surface area contributed by atoms with E-state index in [4.69, 9.17) is 22.2 Å². The number of benzene rings is 1. The molecule has 0 heterocycles. The van der Waals surface area contributed by atoms with Crippen molar-refractivity contribution < 1.29 is 9.53 Å². The van der Waals surface area contributed by atoms with Crippen molar-refractivity contribution in [3.05, 3.63) is 28.8 Å². The lowest BCUT2D eigenvalue weighted by atomic mass is 10.1. The highest BCUT2D eigenvalue weighted by Crippen LogP contribution is 2.20. The van der Waals surface area contributed by atoms with Crippen LogP contribution in [-0.4, -0.2) is 24.7 Å². The van der Waals surface area contributed by atoms with Gasteiger partial charge in [0.05, 0.1) is 16.9 Å². The summed E-state index contributed by atoms with van der Waals surface area (Å²) in [6.07, 6.45) is 0. The molecule has 0 saturated carbocycles. The molecule has 0 aromatic heterocycles. The highest BCUT2D eigenvalue weighted by Gasteiger charge is 2.20. The molecule has 6 heteroatoms. The Balaban J connectivity index is 2.76. The first-order valence-corrected chi connectivity index (χ1v) is 6.45. The Hall–Kier alpha value is -1.30. The third-order valence-electron chi connectivity index (χ3n) is 2.59. The van der Waals surface area contributed by atoms with E-state index in [1.807, 2.05) is 20.8 Å². The molecule has 0 aliphatic rings. The van der Waals surface area contributed by atoms with Gasteiger partial charge in [-0.2, -0.15) is 0 Å². The van der Waals surface area contributed by atoms with E-state index < -0.39 is 5.60 Å². The van der Waals surface area contributed by atoms with Gasteiger partial charge in [0.1, 0.15) is 0 Å². The molecule has 0 bridgehead atoms. The molecule has 0 radical (unpaired) electrons. The van der Waals surface area contributed by atoms with Gasteiger partial charge in [0.2, 0.25) is 0 Å². The van der Waals surface area contributed by atoms with Crippen molar-refractivity contribution in [3.63, 3.8) is 0 Å². The van der Waals surface area contributed by atoms with Crippen LogP contribution in [0.15, 0.2) is 18.2 Å². The van der Waals surface area contributed by atoms with Crippen molar-refractivity contribution in [3.8, 4) is 0 Å². The molecule has 1 amide bonds. The summed E-state index contributed by atoms with van der Waals surface area (Å²) in [6.45, 7) is 6.73. The number of ether oxygens (including phenoxy) is 1. The first-order valence-electron chi connectivity index (χ1n) is 6.08. The molecular formula is C13H20ClN3O2. The van der Waals surface area contributed by atoms with Crippen LogP contribution in [0.1, 0.15) is 31.1 Å². The normalized spacial score (nSPS) is 11.2. The quantitative estimate of drug-likeness (QED) is 0.553. The number of hydrogen-bond donors (Lipinski definition) is 3. The van der Waals surface area contributed by atoms with Crippen LogP contribution in [-0.2, 0) is 4.74 Å². The Labute approximate surface area is 118 Å². The van der Waals surface area contributed by atoms with Crippen LogP contribution in [0.2, 0.25) is 5.02 Å². The SMILES string of the molecule is CCOC(C)(C)CNC(=O)c1cc(Cl)ccc1NN. The highest BCUT2D eigenvalue weighted by atomic mass is 35.5. The molecule has 0 fully saturated rings. The third-order valence-corrected chi connectivity index (χ3v) is 2.83. The summed E-state index contributed by atoms with van der Waals surface area (Å²) in [5.74, 6) is 5.12. The minimum absolute atomic E-state index is 0.247. The maximum absolute atomic E-state index is 12.1. The van der Waals surface area contributed by atoms with Crippen molar-refractivity contribution in [1.82, 2.24) is 5.32 Å². The van der Waals surface area contributed by atoms with Crippen molar-refractivity contribution in [2.24, 2.45) is 5.84 Å². The van der Waals surface area contributed by atoms with Gasteiger partial charge in [-0.3, -0.25) is 10.6 Å². The summed E-state index contributed by atoms with van der Waals surface area (Å²) < 4.78 is 5.51.